The predicted octanol–water partition coefficient (Wildman–Crippen LogP) is 1.31. The average Bonchev–Trinajstić information content (AvgIpc) is 2.92. The number of pyridine rings is 1. The van der Waals surface area contributed by atoms with Crippen LogP contribution in [0, 0.1) is 0 Å². The molecular formula is C11H13N5OS. The molecule has 0 saturated heterocycles. The number of nitrogens with zero attached hydrogens (tertiary/aromatic N) is 2. The molecule has 0 aliphatic rings. The number of hydrogen-bond acceptors (Lipinski definition) is 6. The molecule has 4 N–H and O–H groups in total. The molecular weight excluding hydrogens is 250 g/mol. The number of nitrogens with two attached hydrogens (primary N) is 1. The highest BCUT2D eigenvalue weighted by molar-refractivity contribution is 7.09. The van der Waals surface area contributed by atoms with Crippen molar-refractivity contribution in [1.82, 2.24) is 15.3 Å². The highest BCUT2D eigenvalue weighted by atomic mass is 32.1. The van der Waals surface area contributed by atoms with Crippen molar-refractivity contribution in [1.29, 1.82) is 0 Å². The summed E-state index contributed by atoms with van der Waals surface area (Å²) < 4.78 is 0. The van der Waals surface area contributed by atoms with Gasteiger partial charge in [-0.1, -0.05) is 6.07 Å². The third-order valence-corrected chi connectivity index (χ3v) is 3.26. The molecule has 0 radical (unpaired) electrons. The Morgan fingerprint density at radius 1 is 1.50 bits per heavy atom. The van der Waals surface area contributed by atoms with Crippen molar-refractivity contribution in [3.05, 3.63) is 40.5 Å². The maximum absolute atomic E-state index is 12.0. The molecule has 94 valence electrons. The van der Waals surface area contributed by atoms with E-state index in [4.69, 9.17) is 5.84 Å². The Hall–Kier alpha value is -1.99. The molecule has 0 spiro atoms. The van der Waals surface area contributed by atoms with E-state index < -0.39 is 0 Å². The van der Waals surface area contributed by atoms with Gasteiger partial charge in [-0.05, 0) is 19.1 Å². The number of rotatable bonds is 4. The van der Waals surface area contributed by atoms with E-state index in [2.05, 4.69) is 20.7 Å². The number of amides is 1. The summed E-state index contributed by atoms with van der Waals surface area (Å²) in [6, 6.07) is 4.88. The van der Waals surface area contributed by atoms with E-state index in [1.807, 2.05) is 12.3 Å². The first-order valence-corrected chi connectivity index (χ1v) is 6.22. The van der Waals surface area contributed by atoms with Gasteiger partial charge in [0.15, 0.2) is 0 Å². The van der Waals surface area contributed by atoms with Gasteiger partial charge >= 0.3 is 0 Å². The van der Waals surface area contributed by atoms with Gasteiger partial charge in [-0.3, -0.25) is 4.79 Å². The first kappa shape index (κ1) is 12.5. The average molecular weight is 263 g/mol. The van der Waals surface area contributed by atoms with Crippen molar-refractivity contribution in [3.8, 4) is 0 Å². The number of carbonyl (C=O) groups is 1. The number of hydrazine groups is 1. The topological polar surface area (TPSA) is 92.9 Å². The van der Waals surface area contributed by atoms with Gasteiger partial charge in [-0.2, -0.15) is 0 Å². The molecule has 2 aromatic rings. The lowest BCUT2D eigenvalue weighted by Crippen LogP contribution is -2.27. The molecule has 1 amide bonds. The molecule has 2 rings (SSSR count). The highest BCUT2D eigenvalue weighted by Gasteiger charge is 2.14. The van der Waals surface area contributed by atoms with Gasteiger partial charge in [-0.25, -0.2) is 15.8 Å². The van der Waals surface area contributed by atoms with E-state index in [1.165, 1.54) is 11.3 Å². The Morgan fingerprint density at radius 2 is 2.33 bits per heavy atom. The van der Waals surface area contributed by atoms with Crippen LogP contribution in [0.5, 0.6) is 0 Å². The van der Waals surface area contributed by atoms with Crippen LogP contribution in [0.15, 0.2) is 29.8 Å². The standard InChI is InChI=1S/C11H13N5OS/c1-7(11-13-5-6-18-11)14-10(17)8-3-2-4-9(15-8)16-12/h2-7H,12H2,1H3,(H,14,17)(H,15,16). The van der Waals surface area contributed by atoms with Crippen LogP contribution in [0.25, 0.3) is 0 Å². The molecule has 0 aliphatic carbocycles. The maximum Gasteiger partial charge on any atom is 0.270 e. The Bertz CT molecular complexity index is 528. The summed E-state index contributed by atoms with van der Waals surface area (Å²) in [5.41, 5.74) is 2.72. The van der Waals surface area contributed by atoms with Crippen LogP contribution in [-0.2, 0) is 0 Å². The number of aromatic nitrogens is 2. The zero-order chi connectivity index (χ0) is 13.0. The maximum atomic E-state index is 12.0. The summed E-state index contributed by atoms with van der Waals surface area (Å²) in [4.78, 5) is 20.2. The summed E-state index contributed by atoms with van der Waals surface area (Å²) in [7, 11) is 0. The van der Waals surface area contributed by atoms with Crippen LogP contribution in [0.4, 0.5) is 5.82 Å². The monoisotopic (exact) mass is 263 g/mol. The third-order valence-electron chi connectivity index (χ3n) is 2.30. The molecule has 6 nitrogen and oxygen atoms in total. The van der Waals surface area contributed by atoms with Gasteiger partial charge < -0.3 is 10.7 Å². The Morgan fingerprint density at radius 3 is 3.00 bits per heavy atom. The zero-order valence-electron chi connectivity index (χ0n) is 9.75. The van der Waals surface area contributed by atoms with Gasteiger partial charge in [-0.15, -0.1) is 11.3 Å². The first-order chi connectivity index (χ1) is 8.70. The SMILES string of the molecule is CC(NC(=O)c1cccc(NN)n1)c1nccs1. The van der Waals surface area contributed by atoms with Crippen LogP contribution >= 0.6 is 11.3 Å². The van der Waals surface area contributed by atoms with E-state index >= 15 is 0 Å². The largest absolute Gasteiger partial charge is 0.342 e. The lowest BCUT2D eigenvalue weighted by atomic mass is 10.3. The van der Waals surface area contributed by atoms with Crippen LogP contribution in [0.1, 0.15) is 28.5 Å². The molecule has 1 atom stereocenters. The molecule has 0 aliphatic heterocycles. The van der Waals surface area contributed by atoms with E-state index in [-0.39, 0.29) is 11.9 Å². The van der Waals surface area contributed by atoms with Crippen LogP contribution < -0.4 is 16.6 Å². The second kappa shape index (κ2) is 5.56. The number of hydrogen-bond donors (Lipinski definition) is 3. The molecule has 2 aromatic heterocycles. The molecule has 0 aromatic carbocycles. The fraction of sp³-hybridized carbons (Fsp3) is 0.182. The van der Waals surface area contributed by atoms with Gasteiger partial charge in [0.2, 0.25) is 0 Å². The van der Waals surface area contributed by atoms with Gasteiger partial charge in [0.1, 0.15) is 16.5 Å². The summed E-state index contributed by atoms with van der Waals surface area (Å²) in [5.74, 6) is 5.44. The lowest BCUT2D eigenvalue weighted by Gasteiger charge is -2.11. The van der Waals surface area contributed by atoms with E-state index in [0.29, 0.717) is 11.5 Å². The minimum absolute atomic E-state index is 0.145. The number of nitrogen functional groups attached to an aromatic ring is 1. The third kappa shape index (κ3) is 2.82. The van der Waals surface area contributed by atoms with Gasteiger partial charge in [0, 0.05) is 11.6 Å². The summed E-state index contributed by atoms with van der Waals surface area (Å²) in [5, 5.41) is 5.56. The van der Waals surface area contributed by atoms with Gasteiger partial charge in [0.05, 0.1) is 6.04 Å². The zero-order valence-corrected chi connectivity index (χ0v) is 10.6. The molecule has 1 unspecified atom stereocenters. The summed E-state index contributed by atoms with van der Waals surface area (Å²) in [6.07, 6.45) is 1.71. The van der Waals surface area contributed by atoms with E-state index in [9.17, 15) is 4.79 Å². The summed E-state index contributed by atoms with van der Waals surface area (Å²) in [6.45, 7) is 1.88. The van der Waals surface area contributed by atoms with Crippen LogP contribution in [0.3, 0.4) is 0 Å². The minimum Gasteiger partial charge on any atom is -0.342 e. The van der Waals surface area contributed by atoms with Crippen molar-refractivity contribution in [2.24, 2.45) is 5.84 Å². The van der Waals surface area contributed by atoms with Crippen LogP contribution in [0.2, 0.25) is 0 Å². The Kier molecular flexibility index (Phi) is 3.85. The molecule has 2 heterocycles. The van der Waals surface area contributed by atoms with Crippen LogP contribution in [-0.4, -0.2) is 15.9 Å². The lowest BCUT2D eigenvalue weighted by molar-refractivity contribution is 0.0935. The molecule has 18 heavy (non-hydrogen) atoms. The minimum atomic E-state index is -0.255. The smallest absolute Gasteiger partial charge is 0.270 e. The van der Waals surface area contributed by atoms with E-state index in [1.54, 1.807) is 24.4 Å². The number of nitrogens with one attached hydrogen (secondary N) is 2. The predicted molar refractivity (Wildman–Crippen MR) is 70.0 cm³/mol. The fourth-order valence-corrected chi connectivity index (χ4v) is 2.07. The Labute approximate surface area is 108 Å². The molecule has 0 saturated carbocycles. The Balaban J connectivity index is 2.07. The highest BCUT2D eigenvalue weighted by Crippen LogP contribution is 2.15. The second-order valence-electron chi connectivity index (χ2n) is 3.62. The van der Waals surface area contributed by atoms with Crippen molar-refractivity contribution in [2.45, 2.75) is 13.0 Å². The number of carbonyl (C=O) groups excluding carboxylic acids is 1. The molecule has 0 fully saturated rings. The number of anilines is 1. The van der Waals surface area contributed by atoms with E-state index in [0.717, 1.165) is 5.01 Å². The van der Waals surface area contributed by atoms with Crippen molar-refractivity contribution in [2.75, 3.05) is 5.43 Å². The number of thiazole rings is 1. The molecule has 0 bridgehead atoms. The second-order valence-corrected chi connectivity index (χ2v) is 4.54. The van der Waals surface area contributed by atoms with Crippen molar-refractivity contribution < 1.29 is 4.79 Å². The normalized spacial score (nSPS) is 11.9. The fourth-order valence-electron chi connectivity index (χ4n) is 1.42. The quantitative estimate of drug-likeness (QED) is 0.571. The van der Waals surface area contributed by atoms with Crippen molar-refractivity contribution >= 4 is 23.1 Å². The summed E-state index contributed by atoms with van der Waals surface area (Å²) >= 11 is 1.50. The van der Waals surface area contributed by atoms with Gasteiger partial charge in [0.25, 0.3) is 5.91 Å². The first-order valence-electron chi connectivity index (χ1n) is 5.34. The molecule has 7 heteroatoms. The van der Waals surface area contributed by atoms with Crippen molar-refractivity contribution in [3.63, 3.8) is 0 Å².